The minimum absolute atomic E-state index is 0.361. The Balaban J connectivity index is 1.45. The van der Waals surface area contributed by atoms with E-state index in [1.165, 1.54) is 0 Å². The summed E-state index contributed by atoms with van der Waals surface area (Å²) < 4.78 is 0. The van der Waals surface area contributed by atoms with Gasteiger partial charge in [0.25, 0.3) is 0 Å². The smallest absolute Gasteiger partial charge is 0.212 e. The standard InChI is InChI=1S/C35H25N3/c1-26-13-15-29(16-14-26)34(25-36)35(37-2)30-19-17-27(18-20-30)28-21-23-33(24-22-28)38(31-9-5-3-6-10-31)32-11-7-4-8-12-32/h3-24H,1H3/b35-34-. The maximum absolute atomic E-state index is 9.82. The van der Waals surface area contributed by atoms with Crippen LogP contribution in [-0.4, -0.2) is 0 Å². The Morgan fingerprint density at radius 2 is 1.05 bits per heavy atom. The molecule has 0 saturated carbocycles. The van der Waals surface area contributed by atoms with Gasteiger partial charge in [0.15, 0.2) is 0 Å². The Morgan fingerprint density at radius 3 is 1.53 bits per heavy atom. The molecule has 0 aliphatic rings. The van der Waals surface area contributed by atoms with Gasteiger partial charge in [-0.05, 0) is 65.6 Å². The lowest BCUT2D eigenvalue weighted by molar-refractivity contribution is 1.28. The van der Waals surface area contributed by atoms with Gasteiger partial charge in [0.1, 0.15) is 0 Å². The summed E-state index contributed by atoms with van der Waals surface area (Å²) in [5.74, 6) is 0. The van der Waals surface area contributed by atoms with Crippen LogP contribution in [0.25, 0.3) is 27.2 Å². The highest BCUT2D eigenvalue weighted by atomic mass is 15.1. The van der Waals surface area contributed by atoms with Crippen molar-refractivity contribution in [2.75, 3.05) is 4.90 Å². The lowest BCUT2D eigenvalue weighted by Crippen LogP contribution is -2.09. The molecule has 3 heteroatoms. The molecule has 0 saturated heterocycles. The molecule has 0 N–H and O–H groups in total. The SMILES string of the molecule is [C-]#[N+]/C(=C(/C#N)c1ccc(C)cc1)c1ccc(-c2ccc(N(c3ccccc3)c3ccccc3)cc2)cc1. The van der Waals surface area contributed by atoms with Gasteiger partial charge in [-0.1, -0.05) is 103 Å². The van der Waals surface area contributed by atoms with E-state index in [0.717, 1.165) is 44.9 Å². The van der Waals surface area contributed by atoms with Crippen LogP contribution in [0.3, 0.4) is 0 Å². The molecule has 5 aromatic rings. The van der Waals surface area contributed by atoms with Gasteiger partial charge >= 0.3 is 0 Å². The van der Waals surface area contributed by atoms with E-state index in [4.69, 9.17) is 6.57 Å². The highest BCUT2D eigenvalue weighted by molar-refractivity contribution is 6.00. The van der Waals surface area contributed by atoms with Crippen molar-refractivity contribution in [2.45, 2.75) is 6.92 Å². The second-order valence-electron chi connectivity index (χ2n) is 8.94. The predicted octanol–water partition coefficient (Wildman–Crippen LogP) is 9.44. The Kier molecular flexibility index (Phi) is 7.12. The van der Waals surface area contributed by atoms with Gasteiger partial charge in [0.05, 0.1) is 18.2 Å². The van der Waals surface area contributed by atoms with Gasteiger partial charge in [-0.25, -0.2) is 4.85 Å². The molecule has 0 bridgehead atoms. The zero-order valence-electron chi connectivity index (χ0n) is 21.0. The Bertz CT molecular complexity index is 1600. The molecule has 180 valence electrons. The van der Waals surface area contributed by atoms with E-state index in [1.807, 2.05) is 91.9 Å². The van der Waals surface area contributed by atoms with Crippen LogP contribution in [0.2, 0.25) is 0 Å². The van der Waals surface area contributed by atoms with E-state index >= 15 is 0 Å². The summed E-state index contributed by atoms with van der Waals surface area (Å²) >= 11 is 0. The van der Waals surface area contributed by atoms with Crippen molar-refractivity contribution in [3.63, 3.8) is 0 Å². The van der Waals surface area contributed by atoms with E-state index in [2.05, 4.69) is 64.3 Å². The summed E-state index contributed by atoms with van der Waals surface area (Å²) in [6, 6.07) is 46.9. The number of nitriles is 1. The van der Waals surface area contributed by atoms with Gasteiger partial charge in [-0.2, -0.15) is 5.26 Å². The van der Waals surface area contributed by atoms with Gasteiger partial charge in [-0.15, -0.1) is 0 Å². The van der Waals surface area contributed by atoms with Gasteiger partial charge in [-0.3, -0.25) is 0 Å². The van der Waals surface area contributed by atoms with Crippen LogP contribution in [-0.2, 0) is 0 Å². The van der Waals surface area contributed by atoms with Crippen molar-refractivity contribution < 1.29 is 0 Å². The van der Waals surface area contributed by atoms with Crippen LogP contribution < -0.4 is 4.90 Å². The average Bonchev–Trinajstić information content (AvgIpc) is 2.98. The molecular weight excluding hydrogens is 462 g/mol. The lowest BCUT2D eigenvalue weighted by Gasteiger charge is -2.25. The number of nitrogens with zero attached hydrogens (tertiary/aromatic N) is 3. The molecule has 0 fully saturated rings. The van der Waals surface area contributed by atoms with Crippen LogP contribution in [0.5, 0.6) is 0 Å². The number of anilines is 3. The number of rotatable bonds is 6. The first-order valence-corrected chi connectivity index (χ1v) is 12.4. The molecule has 0 aliphatic heterocycles. The van der Waals surface area contributed by atoms with E-state index in [9.17, 15) is 5.26 Å². The lowest BCUT2D eigenvalue weighted by atomic mass is 9.98. The summed E-state index contributed by atoms with van der Waals surface area (Å²) in [6.45, 7) is 9.76. The second kappa shape index (κ2) is 11.1. The van der Waals surface area contributed by atoms with Gasteiger partial charge in [0.2, 0.25) is 5.70 Å². The second-order valence-corrected chi connectivity index (χ2v) is 8.94. The van der Waals surface area contributed by atoms with Crippen LogP contribution in [0, 0.1) is 24.8 Å². The van der Waals surface area contributed by atoms with Crippen molar-refractivity contribution >= 4 is 28.3 Å². The minimum Gasteiger partial charge on any atom is -0.311 e. The topological polar surface area (TPSA) is 31.4 Å². The molecule has 38 heavy (non-hydrogen) atoms. The van der Waals surface area contributed by atoms with Crippen LogP contribution >= 0.6 is 0 Å². The molecule has 0 radical (unpaired) electrons. The zero-order valence-corrected chi connectivity index (χ0v) is 21.0. The third-order valence-corrected chi connectivity index (χ3v) is 6.45. The Morgan fingerprint density at radius 1 is 0.605 bits per heavy atom. The molecule has 0 aromatic heterocycles. The average molecular weight is 488 g/mol. The normalized spacial score (nSPS) is 11.1. The third-order valence-electron chi connectivity index (χ3n) is 6.45. The number of aryl methyl sites for hydroxylation is 1. The van der Waals surface area contributed by atoms with Gasteiger partial charge in [0, 0.05) is 17.1 Å². The summed E-state index contributed by atoms with van der Waals surface area (Å²) in [6.07, 6.45) is 0. The highest BCUT2D eigenvalue weighted by Gasteiger charge is 2.14. The quantitative estimate of drug-likeness (QED) is 0.136. The van der Waals surface area contributed by atoms with Crippen molar-refractivity contribution in [1.82, 2.24) is 0 Å². The van der Waals surface area contributed by atoms with E-state index in [1.54, 1.807) is 0 Å². The largest absolute Gasteiger partial charge is 0.311 e. The number of benzene rings is 5. The molecule has 0 unspecified atom stereocenters. The van der Waals surface area contributed by atoms with E-state index in [-0.39, 0.29) is 0 Å². The third kappa shape index (κ3) is 5.09. The number of para-hydroxylation sites is 2. The first kappa shape index (κ1) is 24.3. The number of hydrogen-bond acceptors (Lipinski definition) is 2. The first-order chi connectivity index (χ1) is 18.7. The van der Waals surface area contributed by atoms with Crippen LogP contribution in [0.4, 0.5) is 17.1 Å². The van der Waals surface area contributed by atoms with E-state index < -0.39 is 0 Å². The summed E-state index contributed by atoms with van der Waals surface area (Å²) in [5.41, 5.74) is 8.73. The molecule has 0 spiro atoms. The van der Waals surface area contributed by atoms with Crippen LogP contribution in [0.15, 0.2) is 133 Å². The van der Waals surface area contributed by atoms with E-state index in [0.29, 0.717) is 11.3 Å². The highest BCUT2D eigenvalue weighted by Crippen LogP contribution is 2.35. The Labute approximate surface area is 224 Å². The molecule has 0 aliphatic carbocycles. The summed E-state index contributed by atoms with van der Waals surface area (Å²) in [7, 11) is 0. The monoisotopic (exact) mass is 487 g/mol. The Hall–Kier alpha value is -5.38. The molecule has 3 nitrogen and oxygen atoms in total. The summed E-state index contributed by atoms with van der Waals surface area (Å²) in [5, 5.41) is 9.82. The molecule has 5 aromatic carbocycles. The molecule has 0 amide bonds. The van der Waals surface area contributed by atoms with Crippen molar-refractivity contribution in [1.29, 1.82) is 5.26 Å². The first-order valence-electron chi connectivity index (χ1n) is 12.4. The molecule has 5 rings (SSSR count). The van der Waals surface area contributed by atoms with Crippen molar-refractivity contribution in [3.05, 3.63) is 162 Å². The minimum atomic E-state index is 0.361. The summed E-state index contributed by atoms with van der Waals surface area (Å²) in [4.78, 5) is 5.95. The fourth-order valence-electron chi connectivity index (χ4n) is 4.46. The van der Waals surface area contributed by atoms with Crippen molar-refractivity contribution in [3.8, 4) is 17.2 Å². The van der Waals surface area contributed by atoms with Crippen LogP contribution in [0.1, 0.15) is 16.7 Å². The maximum Gasteiger partial charge on any atom is 0.212 e. The fraction of sp³-hybridized carbons (Fsp3) is 0.0286. The number of hydrogen-bond donors (Lipinski definition) is 0. The van der Waals surface area contributed by atoms with Crippen molar-refractivity contribution in [2.24, 2.45) is 0 Å². The number of allylic oxidation sites excluding steroid dienone is 1. The van der Waals surface area contributed by atoms with Gasteiger partial charge < -0.3 is 4.90 Å². The fourth-order valence-corrected chi connectivity index (χ4v) is 4.46. The molecule has 0 atom stereocenters. The maximum atomic E-state index is 9.82. The molecular formula is C35H25N3. The molecule has 0 heterocycles. The zero-order chi connectivity index (χ0) is 26.3. The predicted molar refractivity (Wildman–Crippen MR) is 157 cm³/mol.